The SMILES string of the molecule is CCOCCCNC(=S)NC(C)C(=O)N1CCOCC1. The molecule has 0 aliphatic carbocycles. The molecule has 0 aromatic rings. The van der Waals surface area contributed by atoms with E-state index in [4.69, 9.17) is 21.7 Å². The van der Waals surface area contributed by atoms with Crippen molar-refractivity contribution >= 4 is 23.2 Å². The molecule has 1 rings (SSSR count). The molecule has 116 valence electrons. The summed E-state index contributed by atoms with van der Waals surface area (Å²) in [5, 5.41) is 6.60. The van der Waals surface area contributed by atoms with Crippen LogP contribution in [0.1, 0.15) is 20.3 Å². The molecule has 7 heteroatoms. The normalized spacial score (nSPS) is 16.6. The fourth-order valence-corrected chi connectivity index (χ4v) is 2.17. The molecule has 0 radical (unpaired) electrons. The fourth-order valence-electron chi connectivity index (χ4n) is 1.89. The lowest BCUT2D eigenvalue weighted by atomic mass is 10.2. The molecule has 1 heterocycles. The third-order valence-corrected chi connectivity index (χ3v) is 3.26. The maximum atomic E-state index is 12.1. The first-order chi connectivity index (χ1) is 9.65. The minimum Gasteiger partial charge on any atom is -0.382 e. The third-order valence-electron chi connectivity index (χ3n) is 3.00. The Hall–Kier alpha value is -0.920. The van der Waals surface area contributed by atoms with E-state index in [0.29, 0.717) is 38.0 Å². The molecule has 2 N–H and O–H groups in total. The van der Waals surface area contributed by atoms with Crippen LogP contribution in [0.25, 0.3) is 0 Å². The zero-order valence-electron chi connectivity index (χ0n) is 12.3. The van der Waals surface area contributed by atoms with Crippen molar-refractivity contribution in [2.45, 2.75) is 26.3 Å². The summed E-state index contributed by atoms with van der Waals surface area (Å²) in [6.07, 6.45) is 0.890. The maximum absolute atomic E-state index is 12.1. The zero-order chi connectivity index (χ0) is 14.8. The van der Waals surface area contributed by atoms with E-state index >= 15 is 0 Å². The average molecular weight is 303 g/mol. The van der Waals surface area contributed by atoms with E-state index in [9.17, 15) is 4.79 Å². The van der Waals surface area contributed by atoms with Crippen LogP contribution in [0.4, 0.5) is 0 Å². The number of hydrogen-bond acceptors (Lipinski definition) is 4. The number of carbonyl (C=O) groups is 1. The molecule has 1 atom stereocenters. The summed E-state index contributed by atoms with van der Waals surface area (Å²) in [6, 6.07) is -0.319. The molecule has 1 fully saturated rings. The second-order valence-corrected chi connectivity index (χ2v) is 5.02. The van der Waals surface area contributed by atoms with Crippen molar-refractivity contribution in [3.8, 4) is 0 Å². The van der Waals surface area contributed by atoms with Crippen molar-refractivity contribution in [1.82, 2.24) is 15.5 Å². The topological polar surface area (TPSA) is 62.8 Å². The van der Waals surface area contributed by atoms with Crippen LogP contribution < -0.4 is 10.6 Å². The van der Waals surface area contributed by atoms with Crippen LogP contribution in [0.5, 0.6) is 0 Å². The van der Waals surface area contributed by atoms with Crippen LogP contribution >= 0.6 is 12.2 Å². The number of hydrogen-bond donors (Lipinski definition) is 2. The summed E-state index contributed by atoms with van der Waals surface area (Å²) >= 11 is 5.17. The summed E-state index contributed by atoms with van der Waals surface area (Å²) in [5.41, 5.74) is 0. The number of thiocarbonyl (C=S) groups is 1. The Morgan fingerprint density at radius 3 is 2.80 bits per heavy atom. The number of carbonyl (C=O) groups excluding carboxylic acids is 1. The van der Waals surface area contributed by atoms with Gasteiger partial charge < -0.3 is 25.0 Å². The number of nitrogens with one attached hydrogen (secondary N) is 2. The van der Waals surface area contributed by atoms with Crippen LogP contribution in [0.3, 0.4) is 0 Å². The first-order valence-corrected chi connectivity index (χ1v) is 7.54. The summed E-state index contributed by atoms with van der Waals surface area (Å²) in [7, 11) is 0. The molecule has 1 unspecified atom stereocenters. The average Bonchev–Trinajstić information content (AvgIpc) is 2.47. The first-order valence-electron chi connectivity index (χ1n) is 7.13. The molecular weight excluding hydrogens is 278 g/mol. The molecule has 0 aromatic carbocycles. The van der Waals surface area contributed by atoms with Gasteiger partial charge in [-0.25, -0.2) is 0 Å². The zero-order valence-corrected chi connectivity index (χ0v) is 13.1. The Morgan fingerprint density at radius 1 is 1.45 bits per heavy atom. The second-order valence-electron chi connectivity index (χ2n) is 4.61. The highest BCUT2D eigenvalue weighted by Crippen LogP contribution is 2.00. The Bertz CT molecular complexity index is 309. The van der Waals surface area contributed by atoms with Gasteiger partial charge in [0.05, 0.1) is 13.2 Å². The van der Waals surface area contributed by atoms with Crippen molar-refractivity contribution in [3.05, 3.63) is 0 Å². The van der Waals surface area contributed by atoms with Crippen LogP contribution in [0, 0.1) is 0 Å². The van der Waals surface area contributed by atoms with E-state index in [-0.39, 0.29) is 11.9 Å². The van der Waals surface area contributed by atoms with Crippen molar-refractivity contribution in [3.63, 3.8) is 0 Å². The molecule has 1 saturated heterocycles. The molecule has 0 aromatic heterocycles. The van der Waals surface area contributed by atoms with Gasteiger partial charge in [-0.2, -0.15) is 0 Å². The molecule has 0 spiro atoms. The number of morpholine rings is 1. The predicted molar refractivity (Wildman–Crippen MR) is 81.7 cm³/mol. The number of amides is 1. The lowest BCUT2D eigenvalue weighted by molar-refractivity contribution is -0.136. The van der Waals surface area contributed by atoms with Gasteiger partial charge in [-0.1, -0.05) is 0 Å². The van der Waals surface area contributed by atoms with Crippen LogP contribution in [-0.4, -0.2) is 68.0 Å². The molecule has 20 heavy (non-hydrogen) atoms. The van der Waals surface area contributed by atoms with Gasteiger partial charge in [0.15, 0.2) is 5.11 Å². The van der Waals surface area contributed by atoms with Crippen molar-refractivity contribution in [2.75, 3.05) is 46.1 Å². The highest BCUT2D eigenvalue weighted by molar-refractivity contribution is 7.80. The van der Waals surface area contributed by atoms with E-state index in [1.807, 2.05) is 13.8 Å². The van der Waals surface area contributed by atoms with Gasteiger partial charge >= 0.3 is 0 Å². The van der Waals surface area contributed by atoms with E-state index < -0.39 is 0 Å². The third kappa shape index (κ3) is 6.49. The van der Waals surface area contributed by atoms with Gasteiger partial charge in [0.25, 0.3) is 0 Å². The summed E-state index contributed by atoms with van der Waals surface area (Å²) < 4.78 is 10.5. The van der Waals surface area contributed by atoms with Gasteiger partial charge in [0, 0.05) is 32.8 Å². The van der Waals surface area contributed by atoms with Gasteiger partial charge in [-0.3, -0.25) is 4.79 Å². The number of nitrogens with zero attached hydrogens (tertiary/aromatic N) is 1. The van der Waals surface area contributed by atoms with E-state index in [1.54, 1.807) is 4.90 Å². The fraction of sp³-hybridized carbons (Fsp3) is 0.846. The lowest BCUT2D eigenvalue weighted by Gasteiger charge is -2.29. The largest absolute Gasteiger partial charge is 0.382 e. The van der Waals surface area contributed by atoms with Gasteiger partial charge in [0.2, 0.25) is 5.91 Å². The summed E-state index contributed by atoms with van der Waals surface area (Å²) in [5.74, 6) is 0.0618. The van der Waals surface area contributed by atoms with E-state index in [1.165, 1.54) is 0 Å². The molecule has 1 aliphatic rings. The van der Waals surface area contributed by atoms with Gasteiger partial charge in [0.1, 0.15) is 6.04 Å². The van der Waals surface area contributed by atoms with Gasteiger partial charge in [-0.05, 0) is 32.5 Å². The van der Waals surface area contributed by atoms with Crippen LogP contribution in [0.15, 0.2) is 0 Å². The molecule has 0 bridgehead atoms. The summed E-state index contributed by atoms with van der Waals surface area (Å²) in [4.78, 5) is 14.0. The molecule has 0 saturated carbocycles. The minimum atomic E-state index is -0.319. The van der Waals surface area contributed by atoms with Gasteiger partial charge in [-0.15, -0.1) is 0 Å². The Balaban J connectivity index is 2.17. The monoisotopic (exact) mass is 303 g/mol. The molecular formula is C13H25N3O3S. The number of rotatable bonds is 7. The molecule has 6 nitrogen and oxygen atoms in total. The van der Waals surface area contributed by atoms with Crippen molar-refractivity contribution in [2.24, 2.45) is 0 Å². The highest BCUT2D eigenvalue weighted by Gasteiger charge is 2.22. The number of ether oxygens (including phenoxy) is 2. The second kappa shape index (κ2) is 9.90. The molecule has 1 aliphatic heterocycles. The molecule has 1 amide bonds. The van der Waals surface area contributed by atoms with E-state index in [2.05, 4.69) is 10.6 Å². The highest BCUT2D eigenvalue weighted by atomic mass is 32.1. The summed E-state index contributed by atoms with van der Waals surface area (Å²) in [6.45, 7) is 8.51. The Morgan fingerprint density at radius 2 is 2.15 bits per heavy atom. The quantitative estimate of drug-likeness (QED) is 0.515. The van der Waals surface area contributed by atoms with Crippen LogP contribution in [0.2, 0.25) is 0 Å². The lowest BCUT2D eigenvalue weighted by Crippen LogP contribution is -2.52. The Labute approximate surface area is 126 Å². The van der Waals surface area contributed by atoms with E-state index in [0.717, 1.165) is 19.6 Å². The first kappa shape index (κ1) is 17.1. The Kier molecular flexibility index (Phi) is 8.48. The minimum absolute atomic E-state index is 0.0618. The van der Waals surface area contributed by atoms with Crippen molar-refractivity contribution in [1.29, 1.82) is 0 Å². The smallest absolute Gasteiger partial charge is 0.244 e. The standard InChI is InChI=1S/C13H25N3O3S/c1-3-18-8-4-5-14-13(20)15-11(2)12(17)16-6-9-19-10-7-16/h11H,3-10H2,1-2H3,(H2,14,15,20). The maximum Gasteiger partial charge on any atom is 0.244 e. The predicted octanol–water partition coefficient (Wildman–Crippen LogP) is 0.124. The van der Waals surface area contributed by atoms with Crippen LogP contribution in [-0.2, 0) is 14.3 Å². The van der Waals surface area contributed by atoms with Crippen molar-refractivity contribution < 1.29 is 14.3 Å².